The topological polar surface area (TPSA) is 77.2 Å². The Balaban J connectivity index is 2.43. The molecule has 1 aromatic heterocycles. The van der Waals surface area contributed by atoms with Crippen molar-refractivity contribution in [3.05, 3.63) is 30.6 Å². The van der Waals surface area contributed by atoms with Crippen molar-refractivity contribution in [1.82, 2.24) is 4.98 Å². The van der Waals surface area contributed by atoms with Gasteiger partial charge in [0, 0.05) is 34.5 Å². The third-order valence-corrected chi connectivity index (χ3v) is 3.28. The Morgan fingerprint density at radius 3 is 2.70 bits per heavy atom. The van der Waals surface area contributed by atoms with Crippen molar-refractivity contribution in [2.75, 3.05) is 18.2 Å². The average molecular weight is 273 g/mol. The van der Waals surface area contributed by atoms with Crippen molar-refractivity contribution in [3.63, 3.8) is 0 Å². The molecular weight excluding hydrogens is 254 g/mol. The van der Waals surface area contributed by atoms with Crippen LogP contribution in [-0.4, -0.2) is 24.1 Å². The maximum Gasteiger partial charge on any atom is 0.328 e. The average Bonchev–Trinajstić information content (AvgIpc) is 2.46. The zero-order valence-electron chi connectivity index (χ0n) is 11.9. The molecule has 1 atom stereocenters. The number of hydrogen-bond acceptors (Lipinski definition) is 5. The number of rotatable bonds is 4. The summed E-state index contributed by atoms with van der Waals surface area (Å²) in [5.41, 5.74) is 7.45. The van der Waals surface area contributed by atoms with Gasteiger partial charge in [0.1, 0.15) is 6.04 Å². The standard InChI is InChI=1S/C15H19N3O2/c1-9(2)14(15(19)20-3)18-13-5-4-12(16)11-8-17-7-6-10(11)13/h4-9,14,18H,16H2,1-3H3. The number of carbonyl (C=O) groups is 1. The third-order valence-electron chi connectivity index (χ3n) is 3.28. The number of nitrogens with one attached hydrogen (secondary N) is 1. The Morgan fingerprint density at radius 1 is 1.30 bits per heavy atom. The first-order valence-electron chi connectivity index (χ1n) is 6.51. The summed E-state index contributed by atoms with van der Waals surface area (Å²) in [6, 6.07) is 5.15. The van der Waals surface area contributed by atoms with Gasteiger partial charge in [0.15, 0.2) is 0 Å². The quantitative estimate of drug-likeness (QED) is 0.661. The van der Waals surface area contributed by atoms with E-state index in [0.717, 1.165) is 16.5 Å². The van der Waals surface area contributed by atoms with Crippen LogP contribution in [0.5, 0.6) is 0 Å². The summed E-state index contributed by atoms with van der Waals surface area (Å²) in [5.74, 6) is -0.170. The molecule has 106 valence electrons. The van der Waals surface area contributed by atoms with Gasteiger partial charge in [-0.3, -0.25) is 4.98 Å². The highest BCUT2D eigenvalue weighted by Crippen LogP contribution is 2.28. The molecule has 2 aromatic rings. The van der Waals surface area contributed by atoms with Gasteiger partial charge in [-0.1, -0.05) is 13.8 Å². The van der Waals surface area contributed by atoms with Gasteiger partial charge in [-0.2, -0.15) is 0 Å². The van der Waals surface area contributed by atoms with E-state index >= 15 is 0 Å². The second-order valence-corrected chi connectivity index (χ2v) is 5.01. The highest BCUT2D eigenvalue weighted by atomic mass is 16.5. The first-order valence-corrected chi connectivity index (χ1v) is 6.51. The fourth-order valence-electron chi connectivity index (χ4n) is 2.13. The van der Waals surface area contributed by atoms with E-state index in [1.807, 2.05) is 26.0 Å². The summed E-state index contributed by atoms with van der Waals surface area (Å²) in [4.78, 5) is 15.9. The maximum absolute atomic E-state index is 11.8. The molecule has 0 spiro atoms. The van der Waals surface area contributed by atoms with Gasteiger partial charge >= 0.3 is 5.97 Å². The van der Waals surface area contributed by atoms with E-state index in [2.05, 4.69) is 10.3 Å². The van der Waals surface area contributed by atoms with Gasteiger partial charge in [0.05, 0.1) is 7.11 Å². The van der Waals surface area contributed by atoms with Crippen LogP contribution in [0.3, 0.4) is 0 Å². The second kappa shape index (κ2) is 5.77. The van der Waals surface area contributed by atoms with Crippen LogP contribution < -0.4 is 11.1 Å². The number of fused-ring (bicyclic) bond motifs is 1. The maximum atomic E-state index is 11.8. The van der Waals surface area contributed by atoms with E-state index < -0.39 is 6.04 Å². The largest absolute Gasteiger partial charge is 0.467 e. The van der Waals surface area contributed by atoms with Crippen LogP contribution in [0, 0.1) is 5.92 Å². The number of nitrogen functional groups attached to an aromatic ring is 1. The van der Waals surface area contributed by atoms with Gasteiger partial charge in [-0.25, -0.2) is 4.79 Å². The fourth-order valence-corrected chi connectivity index (χ4v) is 2.13. The van der Waals surface area contributed by atoms with Crippen LogP contribution >= 0.6 is 0 Å². The third kappa shape index (κ3) is 2.66. The van der Waals surface area contributed by atoms with Crippen molar-refractivity contribution < 1.29 is 9.53 Å². The molecule has 0 aliphatic carbocycles. The van der Waals surface area contributed by atoms with E-state index in [9.17, 15) is 4.79 Å². The molecular formula is C15H19N3O2. The molecule has 0 fully saturated rings. The SMILES string of the molecule is COC(=O)C(Nc1ccc(N)c2cnccc12)C(C)C. The lowest BCUT2D eigenvalue weighted by Gasteiger charge is -2.22. The van der Waals surface area contributed by atoms with Crippen LogP contribution in [0.2, 0.25) is 0 Å². The van der Waals surface area contributed by atoms with Gasteiger partial charge in [-0.15, -0.1) is 0 Å². The number of nitrogens with zero attached hydrogens (tertiary/aromatic N) is 1. The minimum Gasteiger partial charge on any atom is -0.467 e. The summed E-state index contributed by atoms with van der Waals surface area (Å²) >= 11 is 0. The number of nitrogens with two attached hydrogens (primary N) is 1. The van der Waals surface area contributed by atoms with Crippen LogP contribution in [0.1, 0.15) is 13.8 Å². The molecule has 1 aromatic carbocycles. The van der Waals surface area contributed by atoms with E-state index in [4.69, 9.17) is 10.5 Å². The number of pyridine rings is 1. The first-order chi connectivity index (χ1) is 9.54. The van der Waals surface area contributed by atoms with Crippen molar-refractivity contribution in [3.8, 4) is 0 Å². The molecule has 1 heterocycles. The van der Waals surface area contributed by atoms with Crippen molar-refractivity contribution in [2.45, 2.75) is 19.9 Å². The normalized spacial score (nSPS) is 12.4. The Bertz CT molecular complexity index is 626. The van der Waals surface area contributed by atoms with Crippen molar-refractivity contribution in [2.24, 2.45) is 5.92 Å². The predicted molar refractivity (Wildman–Crippen MR) is 80.4 cm³/mol. The summed E-state index contributed by atoms with van der Waals surface area (Å²) < 4.78 is 4.84. The molecule has 5 nitrogen and oxygen atoms in total. The molecule has 0 bridgehead atoms. The minimum atomic E-state index is -0.403. The molecule has 0 saturated carbocycles. The number of ether oxygens (including phenoxy) is 1. The van der Waals surface area contributed by atoms with Crippen LogP contribution in [0.15, 0.2) is 30.6 Å². The minimum absolute atomic E-state index is 0.108. The van der Waals surface area contributed by atoms with E-state index in [-0.39, 0.29) is 11.9 Å². The number of methoxy groups -OCH3 is 1. The molecule has 3 N–H and O–H groups in total. The highest BCUT2D eigenvalue weighted by molar-refractivity contribution is 6.01. The number of benzene rings is 1. The van der Waals surface area contributed by atoms with Gasteiger partial charge in [-0.05, 0) is 24.1 Å². The Labute approximate surface area is 118 Å². The molecule has 0 radical (unpaired) electrons. The lowest BCUT2D eigenvalue weighted by Crippen LogP contribution is -2.35. The Kier molecular flexibility index (Phi) is 4.08. The number of anilines is 2. The lowest BCUT2D eigenvalue weighted by molar-refractivity contribution is -0.142. The predicted octanol–water partition coefficient (Wildman–Crippen LogP) is 2.43. The summed E-state index contributed by atoms with van der Waals surface area (Å²) in [5, 5.41) is 5.05. The molecule has 0 aliphatic rings. The molecule has 0 saturated heterocycles. The molecule has 0 amide bonds. The summed E-state index contributed by atoms with van der Waals surface area (Å²) in [6.45, 7) is 3.94. The van der Waals surface area contributed by atoms with E-state index in [1.54, 1.807) is 18.5 Å². The monoisotopic (exact) mass is 273 g/mol. The molecule has 1 unspecified atom stereocenters. The van der Waals surface area contributed by atoms with Gasteiger partial charge < -0.3 is 15.8 Å². The van der Waals surface area contributed by atoms with E-state index in [0.29, 0.717) is 5.69 Å². The first kappa shape index (κ1) is 14.1. The second-order valence-electron chi connectivity index (χ2n) is 5.01. The molecule has 20 heavy (non-hydrogen) atoms. The van der Waals surface area contributed by atoms with Crippen molar-refractivity contribution >= 4 is 28.1 Å². The van der Waals surface area contributed by atoms with Crippen LogP contribution in [-0.2, 0) is 9.53 Å². The summed E-state index contributed by atoms with van der Waals surface area (Å²) in [6.07, 6.45) is 3.42. The Hall–Kier alpha value is -2.30. The van der Waals surface area contributed by atoms with Gasteiger partial charge in [0.25, 0.3) is 0 Å². The number of aromatic nitrogens is 1. The van der Waals surface area contributed by atoms with Gasteiger partial charge in [0.2, 0.25) is 0 Å². The number of carbonyl (C=O) groups excluding carboxylic acids is 1. The van der Waals surface area contributed by atoms with Crippen LogP contribution in [0.25, 0.3) is 10.8 Å². The zero-order chi connectivity index (χ0) is 14.7. The highest BCUT2D eigenvalue weighted by Gasteiger charge is 2.23. The fraction of sp³-hybridized carbons (Fsp3) is 0.333. The zero-order valence-corrected chi connectivity index (χ0v) is 11.9. The Morgan fingerprint density at radius 2 is 2.05 bits per heavy atom. The number of esters is 1. The smallest absolute Gasteiger partial charge is 0.328 e. The molecule has 5 heteroatoms. The van der Waals surface area contributed by atoms with E-state index in [1.165, 1.54) is 7.11 Å². The number of hydrogen-bond donors (Lipinski definition) is 2. The molecule has 2 rings (SSSR count). The van der Waals surface area contributed by atoms with Crippen LogP contribution in [0.4, 0.5) is 11.4 Å². The summed E-state index contributed by atoms with van der Waals surface area (Å²) in [7, 11) is 1.39. The van der Waals surface area contributed by atoms with Crippen molar-refractivity contribution in [1.29, 1.82) is 0 Å². The molecule has 0 aliphatic heterocycles. The lowest BCUT2D eigenvalue weighted by atomic mass is 10.0.